The van der Waals surface area contributed by atoms with Crippen LogP contribution in [0.15, 0.2) is 12.1 Å². The van der Waals surface area contributed by atoms with Gasteiger partial charge >= 0.3 is 0 Å². The molecule has 1 aromatic rings. The van der Waals surface area contributed by atoms with E-state index in [0.717, 1.165) is 0 Å². The molecule has 0 aliphatic carbocycles. The van der Waals surface area contributed by atoms with Gasteiger partial charge in [0.2, 0.25) is 0 Å². The Labute approximate surface area is 78.9 Å². The third-order valence-corrected chi connectivity index (χ3v) is 2.18. The quantitative estimate of drug-likeness (QED) is 0.621. The molecule has 0 saturated carbocycles. The number of halogens is 4. The Kier molecular flexibility index (Phi) is 2.99. The van der Waals surface area contributed by atoms with Gasteiger partial charge in [0.05, 0.1) is 5.88 Å². The average Bonchev–Trinajstić information content (AvgIpc) is 1.85. The largest absolute Gasteiger partial charge is 0.207 e. The van der Waals surface area contributed by atoms with E-state index in [9.17, 15) is 4.39 Å². The lowest BCUT2D eigenvalue weighted by molar-refractivity contribution is 0.627. The van der Waals surface area contributed by atoms with Gasteiger partial charge in [0, 0.05) is 15.6 Å². The van der Waals surface area contributed by atoms with E-state index in [1.54, 1.807) is 0 Å². The van der Waals surface area contributed by atoms with Crippen molar-refractivity contribution in [3.63, 3.8) is 0 Å². The van der Waals surface area contributed by atoms with Crippen LogP contribution in [0.1, 0.15) is 5.56 Å². The minimum Gasteiger partial charge on any atom is -0.207 e. The number of benzene rings is 1. The summed E-state index contributed by atoms with van der Waals surface area (Å²) in [6, 6.07) is 2.37. The molecule has 0 heterocycles. The molecular weight excluding hydrogens is 209 g/mol. The second kappa shape index (κ2) is 3.61. The monoisotopic (exact) mass is 212 g/mol. The molecule has 60 valence electrons. The molecule has 0 nitrogen and oxygen atoms in total. The fourth-order valence-electron chi connectivity index (χ4n) is 0.700. The normalized spacial score (nSPS) is 10.2. The van der Waals surface area contributed by atoms with E-state index in [1.807, 2.05) is 0 Å². The summed E-state index contributed by atoms with van der Waals surface area (Å²) in [6.07, 6.45) is 0. The summed E-state index contributed by atoms with van der Waals surface area (Å²) in [5.74, 6) is -0.258. The van der Waals surface area contributed by atoms with Crippen molar-refractivity contribution in [3.05, 3.63) is 33.6 Å². The van der Waals surface area contributed by atoms with Crippen LogP contribution in [0.5, 0.6) is 0 Å². The Morgan fingerprint density at radius 1 is 1.18 bits per heavy atom. The van der Waals surface area contributed by atoms with Crippen LogP contribution in [0.2, 0.25) is 10.0 Å². The third-order valence-electron chi connectivity index (χ3n) is 1.24. The fraction of sp³-hybridized carbons (Fsp3) is 0.143. The highest BCUT2D eigenvalue weighted by Crippen LogP contribution is 2.27. The summed E-state index contributed by atoms with van der Waals surface area (Å²) < 4.78 is 12.5. The smallest absolute Gasteiger partial charge is 0.126 e. The molecule has 11 heavy (non-hydrogen) atoms. The van der Waals surface area contributed by atoms with Crippen molar-refractivity contribution in [2.45, 2.75) is 5.88 Å². The summed E-state index contributed by atoms with van der Waals surface area (Å²) >= 11 is 16.8. The van der Waals surface area contributed by atoms with Crippen LogP contribution in [0.25, 0.3) is 0 Å². The molecule has 0 amide bonds. The first-order valence-corrected chi connectivity index (χ1v) is 4.13. The van der Waals surface area contributed by atoms with Crippen LogP contribution in [-0.4, -0.2) is 0 Å². The molecule has 1 rings (SSSR count). The van der Waals surface area contributed by atoms with Crippen molar-refractivity contribution < 1.29 is 4.39 Å². The minimum atomic E-state index is -0.450. The zero-order valence-electron chi connectivity index (χ0n) is 5.37. The van der Waals surface area contributed by atoms with Gasteiger partial charge < -0.3 is 0 Å². The lowest BCUT2D eigenvalue weighted by atomic mass is 10.2. The number of hydrogen-bond acceptors (Lipinski definition) is 0. The van der Waals surface area contributed by atoms with E-state index < -0.39 is 5.82 Å². The Morgan fingerprint density at radius 3 is 2.00 bits per heavy atom. The van der Waals surface area contributed by atoms with Gasteiger partial charge in [-0.15, -0.1) is 11.6 Å². The van der Waals surface area contributed by atoms with Crippen LogP contribution < -0.4 is 0 Å². The van der Waals surface area contributed by atoms with Crippen molar-refractivity contribution >= 4 is 34.8 Å². The predicted octanol–water partition coefficient (Wildman–Crippen LogP) is 3.87. The van der Waals surface area contributed by atoms with E-state index in [4.69, 9.17) is 34.8 Å². The van der Waals surface area contributed by atoms with Gasteiger partial charge in [-0.05, 0) is 12.1 Å². The summed E-state index contributed by atoms with van der Waals surface area (Å²) in [7, 11) is 0. The van der Waals surface area contributed by atoms with Crippen molar-refractivity contribution in [2.24, 2.45) is 0 Å². The topological polar surface area (TPSA) is 0 Å². The maximum absolute atomic E-state index is 12.5. The summed E-state index contributed by atoms with van der Waals surface area (Å²) in [6.45, 7) is 0. The second-order valence-corrected chi connectivity index (χ2v) is 3.06. The van der Waals surface area contributed by atoms with E-state index >= 15 is 0 Å². The first kappa shape index (κ1) is 9.11. The fourth-order valence-corrected chi connectivity index (χ4v) is 1.72. The molecule has 0 N–H and O–H groups in total. The third kappa shape index (κ3) is 1.98. The zero-order valence-corrected chi connectivity index (χ0v) is 7.64. The van der Waals surface area contributed by atoms with Gasteiger partial charge in [0.15, 0.2) is 0 Å². The lowest BCUT2D eigenvalue weighted by Crippen LogP contribution is -1.84. The molecule has 0 unspecified atom stereocenters. The van der Waals surface area contributed by atoms with Crippen LogP contribution in [0.3, 0.4) is 0 Å². The van der Waals surface area contributed by atoms with Crippen LogP contribution >= 0.6 is 34.8 Å². The Hall–Kier alpha value is 0.0200. The molecule has 0 aliphatic heterocycles. The summed E-state index contributed by atoms with van der Waals surface area (Å²) in [5.41, 5.74) is 0.566. The van der Waals surface area contributed by atoms with E-state index in [1.165, 1.54) is 12.1 Å². The molecule has 0 fully saturated rings. The highest BCUT2D eigenvalue weighted by Gasteiger charge is 2.06. The first-order valence-electron chi connectivity index (χ1n) is 2.84. The maximum atomic E-state index is 12.5. The van der Waals surface area contributed by atoms with Gasteiger partial charge in [-0.1, -0.05) is 23.2 Å². The van der Waals surface area contributed by atoms with Gasteiger partial charge in [-0.2, -0.15) is 0 Å². The van der Waals surface area contributed by atoms with Crippen LogP contribution in [0.4, 0.5) is 4.39 Å². The molecule has 0 bridgehead atoms. The van der Waals surface area contributed by atoms with Crippen molar-refractivity contribution in [2.75, 3.05) is 0 Å². The van der Waals surface area contributed by atoms with Gasteiger partial charge in [-0.25, -0.2) is 4.39 Å². The maximum Gasteiger partial charge on any atom is 0.126 e. The van der Waals surface area contributed by atoms with Crippen molar-refractivity contribution in [1.82, 2.24) is 0 Å². The summed E-state index contributed by atoms with van der Waals surface area (Å²) in [4.78, 5) is 0. The average molecular weight is 213 g/mol. The van der Waals surface area contributed by atoms with Gasteiger partial charge in [-0.3, -0.25) is 0 Å². The van der Waals surface area contributed by atoms with Gasteiger partial charge in [0.1, 0.15) is 5.82 Å². The molecule has 0 saturated heterocycles. The molecule has 0 aliphatic rings. The molecule has 0 atom stereocenters. The molecule has 0 aromatic heterocycles. The predicted molar refractivity (Wildman–Crippen MR) is 46.0 cm³/mol. The van der Waals surface area contributed by atoms with E-state index in [2.05, 4.69) is 0 Å². The highest BCUT2D eigenvalue weighted by atomic mass is 35.5. The molecule has 1 aromatic carbocycles. The molecule has 0 radical (unpaired) electrons. The van der Waals surface area contributed by atoms with E-state index in [0.29, 0.717) is 5.56 Å². The molecule has 0 spiro atoms. The molecule has 4 heteroatoms. The first-order chi connectivity index (χ1) is 5.15. The van der Waals surface area contributed by atoms with Crippen LogP contribution in [-0.2, 0) is 5.88 Å². The standard InChI is InChI=1S/C7H4Cl3F/c8-3-5-6(9)1-4(11)2-7(5)10/h1-2H,3H2. The number of hydrogen-bond donors (Lipinski definition) is 0. The number of rotatable bonds is 1. The number of alkyl halides is 1. The second-order valence-electron chi connectivity index (χ2n) is 1.98. The van der Waals surface area contributed by atoms with Crippen LogP contribution in [0, 0.1) is 5.82 Å². The zero-order chi connectivity index (χ0) is 8.43. The molecular formula is C7H4Cl3F. The highest BCUT2D eigenvalue weighted by molar-refractivity contribution is 6.37. The van der Waals surface area contributed by atoms with E-state index in [-0.39, 0.29) is 15.9 Å². The van der Waals surface area contributed by atoms with Gasteiger partial charge in [0.25, 0.3) is 0 Å². The summed E-state index contributed by atoms with van der Waals surface area (Å²) in [5, 5.41) is 0.537. The Balaban J connectivity index is 3.25. The SMILES string of the molecule is Fc1cc(Cl)c(CCl)c(Cl)c1. The lowest BCUT2D eigenvalue weighted by Gasteiger charge is -2.01. The van der Waals surface area contributed by atoms with Crippen molar-refractivity contribution in [3.8, 4) is 0 Å². The Morgan fingerprint density at radius 2 is 1.64 bits per heavy atom. The Bertz CT molecular complexity index is 249. The van der Waals surface area contributed by atoms with Crippen molar-refractivity contribution in [1.29, 1.82) is 0 Å². The minimum absolute atomic E-state index is 0.192.